The summed E-state index contributed by atoms with van der Waals surface area (Å²) in [6, 6.07) is 0. The Hall–Kier alpha value is -3.18. The van der Waals surface area contributed by atoms with Gasteiger partial charge in [0.15, 0.2) is 0 Å². The highest BCUT2D eigenvalue weighted by Crippen LogP contribution is 2.29. The van der Waals surface area contributed by atoms with E-state index in [1.54, 1.807) is 0 Å². The molecule has 0 bridgehead atoms. The Balaban J connectivity index is 1.50. The Labute approximate surface area is 217 Å². The molecular formula is C25H38N6O6. The van der Waals surface area contributed by atoms with Gasteiger partial charge in [0.05, 0.1) is 31.0 Å². The summed E-state index contributed by atoms with van der Waals surface area (Å²) in [6.07, 6.45) is 3.77. The van der Waals surface area contributed by atoms with Gasteiger partial charge in [0.1, 0.15) is 0 Å². The number of anilines is 3. The standard InChI is InChI=1S/C25H38N6O6/c1-3-36-21(34)18-7-13-30(14-8-18)24-26-23(29-11-5-17(6-12-29)20(32)33)27-25(28-24)31-15-9-19(10-16-31)22(35)37-4-2/h17-19H,3-16H2,1-2H3,(H,32,33). The largest absolute Gasteiger partial charge is 0.481 e. The van der Waals surface area contributed by atoms with Gasteiger partial charge in [-0.15, -0.1) is 0 Å². The first kappa shape index (κ1) is 26.9. The number of nitrogens with zero attached hydrogens (tertiary/aromatic N) is 6. The van der Waals surface area contributed by atoms with Crippen molar-refractivity contribution < 1.29 is 29.0 Å². The zero-order valence-corrected chi connectivity index (χ0v) is 21.8. The Morgan fingerprint density at radius 3 is 1.22 bits per heavy atom. The lowest BCUT2D eigenvalue weighted by molar-refractivity contribution is -0.149. The molecule has 4 rings (SSSR count). The van der Waals surface area contributed by atoms with Crippen LogP contribution in [0.4, 0.5) is 17.8 Å². The average molecular weight is 519 g/mol. The van der Waals surface area contributed by atoms with Gasteiger partial charge in [-0.2, -0.15) is 15.0 Å². The van der Waals surface area contributed by atoms with Crippen molar-refractivity contribution in [2.24, 2.45) is 17.8 Å². The number of carbonyl (C=O) groups excluding carboxylic acids is 2. The van der Waals surface area contributed by atoms with Crippen LogP contribution in [0, 0.1) is 17.8 Å². The predicted molar refractivity (Wildman–Crippen MR) is 136 cm³/mol. The van der Waals surface area contributed by atoms with Gasteiger partial charge in [-0.05, 0) is 52.4 Å². The van der Waals surface area contributed by atoms with Crippen molar-refractivity contribution in [2.45, 2.75) is 52.4 Å². The highest BCUT2D eigenvalue weighted by Gasteiger charge is 2.32. The van der Waals surface area contributed by atoms with E-state index in [1.165, 1.54) is 0 Å². The Kier molecular flexibility index (Phi) is 8.99. The van der Waals surface area contributed by atoms with Crippen LogP contribution in [0.2, 0.25) is 0 Å². The van der Waals surface area contributed by atoms with Crippen LogP contribution in [0.3, 0.4) is 0 Å². The fourth-order valence-corrected chi connectivity index (χ4v) is 5.24. The van der Waals surface area contributed by atoms with Crippen molar-refractivity contribution in [1.82, 2.24) is 15.0 Å². The summed E-state index contributed by atoms with van der Waals surface area (Å²) in [5, 5.41) is 9.37. The van der Waals surface area contributed by atoms with E-state index in [0.29, 0.717) is 109 Å². The van der Waals surface area contributed by atoms with Crippen LogP contribution in [0.15, 0.2) is 0 Å². The van der Waals surface area contributed by atoms with E-state index >= 15 is 0 Å². The molecule has 1 aromatic heterocycles. The summed E-state index contributed by atoms with van der Waals surface area (Å²) in [5.74, 6) is 0.0402. The van der Waals surface area contributed by atoms with Gasteiger partial charge >= 0.3 is 17.9 Å². The molecule has 0 unspecified atom stereocenters. The molecule has 0 spiro atoms. The zero-order chi connectivity index (χ0) is 26.4. The summed E-state index contributed by atoms with van der Waals surface area (Å²) in [6.45, 7) is 8.07. The van der Waals surface area contributed by atoms with Gasteiger partial charge in [-0.1, -0.05) is 0 Å². The topological polar surface area (TPSA) is 138 Å². The highest BCUT2D eigenvalue weighted by molar-refractivity contribution is 5.73. The number of aliphatic carboxylic acids is 1. The lowest BCUT2D eigenvalue weighted by Gasteiger charge is -2.35. The lowest BCUT2D eigenvalue weighted by atomic mass is 9.97. The number of carboxylic acid groups (broad SMARTS) is 1. The second-order valence-electron chi connectivity index (χ2n) is 9.86. The molecule has 37 heavy (non-hydrogen) atoms. The molecule has 4 heterocycles. The Bertz CT molecular complexity index is 897. The first-order valence-corrected chi connectivity index (χ1v) is 13.5. The second-order valence-corrected chi connectivity index (χ2v) is 9.86. The molecule has 1 N–H and O–H groups in total. The third-order valence-electron chi connectivity index (χ3n) is 7.52. The molecular weight excluding hydrogens is 480 g/mol. The molecule has 0 atom stereocenters. The Morgan fingerprint density at radius 1 is 0.649 bits per heavy atom. The van der Waals surface area contributed by atoms with Gasteiger partial charge < -0.3 is 29.3 Å². The number of carbonyl (C=O) groups is 3. The van der Waals surface area contributed by atoms with Crippen molar-refractivity contribution in [1.29, 1.82) is 0 Å². The van der Waals surface area contributed by atoms with Crippen molar-refractivity contribution in [3.8, 4) is 0 Å². The molecule has 12 heteroatoms. The molecule has 204 valence electrons. The van der Waals surface area contributed by atoms with Crippen LogP contribution in [0.5, 0.6) is 0 Å². The molecule has 0 amide bonds. The maximum Gasteiger partial charge on any atom is 0.309 e. The number of ether oxygens (including phenoxy) is 2. The molecule has 0 saturated carbocycles. The van der Waals surface area contributed by atoms with Crippen LogP contribution < -0.4 is 14.7 Å². The summed E-state index contributed by atoms with van der Waals surface area (Å²) >= 11 is 0. The number of hydrogen-bond acceptors (Lipinski definition) is 11. The van der Waals surface area contributed by atoms with E-state index in [1.807, 2.05) is 18.7 Å². The number of esters is 2. The molecule has 3 saturated heterocycles. The molecule has 0 radical (unpaired) electrons. The average Bonchev–Trinajstić information content (AvgIpc) is 2.93. The number of carboxylic acids is 1. The maximum atomic E-state index is 12.2. The van der Waals surface area contributed by atoms with E-state index in [4.69, 9.17) is 24.4 Å². The number of rotatable bonds is 8. The van der Waals surface area contributed by atoms with Crippen LogP contribution in [-0.4, -0.2) is 90.4 Å². The molecule has 0 aromatic carbocycles. The summed E-state index contributed by atoms with van der Waals surface area (Å²) in [4.78, 5) is 56.4. The van der Waals surface area contributed by atoms with Crippen molar-refractivity contribution in [2.75, 3.05) is 67.2 Å². The van der Waals surface area contributed by atoms with Crippen molar-refractivity contribution >= 4 is 35.8 Å². The SMILES string of the molecule is CCOC(=O)C1CCN(c2nc(N3CCC(C(=O)O)CC3)nc(N3CCC(C(=O)OCC)CC3)n2)CC1. The smallest absolute Gasteiger partial charge is 0.309 e. The summed E-state index contributed by atoms with van der Waals surface area (Å²) in [7, 11) is 0. The van der Waals surface area contributed by atoms with Gasteiger partial charge in [0, 0.05) is 39.3 Å². The van der Waals surface area contributed by atoms with E-state index in [9.17, 15) is 19.5 Å². The van der Waals surface area contributed by atoms with E-state index < -0.39 is 5.97 Å². The summed E-state index contributed by atoms with van der Waals surface area (Å²) in [5.41, 5.74) is 0. The molecule has 3 aliphatic rings. The molecule has 1 aromatic rings. The Morgan fingerprint density at radius 2 is 0.946 bits per heavy atom. The minimum absolute atomic E-state index is 0.117. The normalized spacial score (nSPS) is 20.1. The van der Waals surface area contributed by atoms with E-state index in [-0.39, 0.29) is 29.7 Å². The van der Waals surface area contributed by atoms with Crippen LogP contribution in [-0.2, 0) is 23.9 Å². The maximum absolute atomic E-state index is 12.2. The zero-order valence-electron chi connectivity index (χ0n) is 21.8. The van der Waals surface area contributed by atoms with Gasteiger partial charge in [-0.25, -0.2) is 0 Å². The fourth-order valence-electron chi connectivity index (χ4n) is 5.24. The first-order chi connectivity index (χ1) is 17.9. The second kappa shape index (κ2) is 12.4. The molecule has 12 nitrogen and oxygen atoms in total. The number of aromatic nitrogens is 3. The highest BCUT2D eigenvalue weighted by atomic mass is 16.5. The third kappa shape index (κ3) is 6.58. The van der Waals surface area contributed by atoms with Gasteiger partial charge in [0.2, 0.25) is 17.8 Å². The van der Waals surface area contributed by atoms with Crippen LogP contribution in [0.25, 0.3) is 0 Å². The van der Waals surface area contributed by atoms with Crippen molar-refractivity contribution in [3.05, 3.63) is 0 Å². The monoisotopic (exact) mass is 518 g/mol. The minimum atomic E-state index is -0.759. The minimum Gasteiger partial charge on any atom is -0.481 e. The quantitative estimate of drug-likeness (QED) is 0.501. The predicted octanol–water partition coefficient (Wildman–Crippen LogP) is 1.73. The lowest BCUT2D eigenvalue weighted by Crippen LogP contribution is -2.41. The molecule has 0 aliphatic carbocycles. The first-order valence-electron chi connectivity index (χ1n) is 13.5. The van der Waals surface area contributed by atoms with Gasteiger partial charge in [0.25, 0.3) is 0 Å². The van der Waals surface area contributed by atoms with Crippen molar-refractivity contribution in [3.63, 3.8) is 0 Å². The third-order valence-corrected chi connectivity index (χ3v) is 7.52. The molecule has 3 aliphatic heterocycles. The fraction of sp³-hybridized carbons (Fsp3) is 0.760. The molecule has 3 fully saturated rings. The van der Waals surface area contributed by atoms with Gasteiger partial charge in [-0.3, -0.25) is 14.4 Å². The van der Waals surface area contributed by atoms with E-state index in [0.717, 1.165) is 0 Å². The van der Waals surface area contributed by atoms with Crippen LogP contribution >= 0.6 is 0 Å². The number of hydrogen-bond donors (Lipinski definition) is 1. The van der Waals surface area contributed by atoms with E-state index in [2.05, 4.69) is 9.80 Å². The number of piperidine rings is 3. The van der Waals surface area contributed by atoms with Crippen LogP contribution in [0.1, 0.15) is 52.4 Å². The summed E-state index contributed by atoms with van der Waals surface area (Å²) < 4.78 is 10.4.